The van der Waals surface area contributed by atoms with E-state index in [1.165, 1.54) is 24.8 Å². The molecule has 19 heavy (non-hydrogen) atoms. The average Bonchev–Trinajstić information content (AvgIpc) is 3.16. The minimum absolute atomic E-state index is 0.0213. The number of benzene rings is 1. The van der Waals surface area contributed by atoms with E-state index >= 15 is 0 Å². The van der Waals surface area contributed by atoms with Crippen LogP contribution in [0.2, 0.25) is 0 Å². The van der Waals surface area contributed by atoms with Gasteiger partial charge in [0.15, 0.2) is 11.5 Å². The van der Waals surface area contributed by atoms with Gasteiger partial charge in [-0.1, -0.05) is 12.1 Å². The zero-order valence-corrected chi connectivity index (χ0v) is 11.9. The molecule has 1 atom stereocenters. The Kier molecular flexibility index (Phi) is 3.40. The van der Waals surface area contributed by atoms with Crippen molar-refractivity contribution in [3.63, 3.8) is 0 Å². The summed E-state index contributed by atoms with van der Waals surface area (Å²) in [5, 5.41) is 3.61. The summed E-state index contributed by atoms with van der Waals surface area (Å²) in [6.45, 7) is 4.16. The summed E-state index contributed by atoms with van der Waals surface area (Å²) in [7, 11) is 1.72. The lowest BCUT2D eigenvalue weighted by atomic mass is 9.89. The van der Waals surface area contributed by atoms with Crippen LogP contribution in [0.25, 0.3) is 0 Å². The molecule has 1 unspecified atom stereocenters. The van der Waals surface area contributed by atoms with Gasteiger partial charge in [-0.15, -0.1) is 0 Å². The number of hydrogen-bond acceptors (Lipinski definition) is 3. The highest BCUT2D eigenvalue weighted by molar-refractivity contribution is 5.50. The van der Waals surface area contributed by atoms with Crippen molar-refractivity contribution >= 4 is 0 Å². The van der Waals surface area contributed by atoms with Gasteiger partial charge in [0.2, 0.25) is 0 Å². The van der Waals surface area contributed by atoms with Crippen LogP contribution < -0.4 is 14.8 Å². The molecule has 0 spiro atoms. The molecule has 0 amide bonds. The maximum absolute atomic E-state index is 6.10. The van der Waals surface area contributed by atoms with Crippen molar-refractivity contribution in [2.75, 3.05) is 20.3 Å². The SMILES string of the molecule is COc1cccc(C2(C)CCCN2)c1OCC1CC1. The summed E-state index contributed by atoms with van der Waals surface area (Å²) in [5.41, 5.74) is 1.26. The van der Waals surface area contributed by atoms with Crippen molar-refractivity contribution in [2.24, 2.45) is 5.92 Å². The van der Waals surface area contributed by atoms with Gasteiger partial charge in [-0.05, 0) is 51.1 Å². The zero-order valence-electron chi connectivity index (χ0n) is 11.9. The normalized spacial score (nSPS) is 26.4. The topological polar surface area (TPSA) is 30.5 Å². The van der Waals surface area contributed by atoms with E-state index < -0.39 is 0 Å². The first kappa shape index (κ1) is 12.8. The summed E-state index contributed by atoms with van der Waals surface area (Å²) >= 11 is 0. The Bertz CT molecular complexity index is 448. The fourth-order valence-corrected chi connectivity index (χ4v) is 2.87. The molecular weight excluding hydrogens is 238 g/mol. The van der Waals surface area contributed by atoms with Gasteiger partial charge in [0.25, 0.3) is 0 Å². The van der Waals surface area contributed by atoms with Crippen LogP contribution in [-0.2, 0) is 5.54 Å². The third-order valence-corrected chi connectivity index (χ3v) is 4.32. The Morgan fingerprint density at radius 2 is 2.21 bits per heavy atom. The van der Waals surface area contributed by atoms with Gasteiger partial charge in [-0.25, -0.2) is 0 Å². The van der Waals surface area contributed by atoms with Gasteiger partial charge in [-0.3, -0.25) is 0 Å². The fourth-order valence-electron chi connectivity index (χ4n) is 2.87. The zero-order chi connectivity index (χ0) is 13.3. The predicted octanol–water partition coefficient (Wildman–Crippen LogP) is 3.08. The van der Waals surface area contributed by atoms with Crippen LogP contribution in [0.15, 0.2) is 18.2 Å². The molecule has 3 nitrogen and oxygen atoms in total. The Morgan fingerprint density at radius 3 is 2.84 bits per heavy atom. The van der Waals surface area contributed by atoms with Gasteiger partial charge in [0, 0.05) is 11.1 Å². The van der Waals surface area contributed by atoms with Crippen molar-refractivity contribution in [3.8, 4) is 11.5 Å². The van der Waals surface area contributed by atoms with E-state index in [-0.39, 0.29) is 5.54 Å². The largest absolute Gasteiger partial charge is 0.493 e. The van der Waals surface area contributed by atoms with Crippen molar-refractivity contribution in [1.82, 2.24) is 5.32 Å². The minimum Gasteiger partial charge on any atom is -0.493 e. The van der Waals surface area contributed by atoms with Crippen LogP contribution in [0.4, 0.5) is 0 Å². The molecule has 3 rings (SSSR count). The Morgan fingerprint density at radius 1 is 1.37 bits per heavy atom. The Balaban J connectivity index is 1.91. The summed E-state index contributed by atoms with van der Waals surface area (Å²) in [6, 6.07) is 6.22. The van der Waals surface area contributed by atoms with E-state index in [1.807, 2.05) is 6.07 Å². The highest BCUT2D eigenvalue weighted by Crippen LogP contribution is 2.42. The summed E-state index contributed by atoms with van der Waals surface area (Å²) in [5.74, 6) is 2.55. The van der Waals surface area contributed by atoms with Gasteiger partial charge in [0.1, 0.15) is 0 Å². The summed E-state index contributed by atoms with van der Waals surface area (Å²) in [4.78, 5) is 0. The van der Waals surface area contributed by atoms with Crippen LogP contribution >= 0.6 is 0 Å². The van der Waals surface area contributed by atoms with Crippen molar-refractivity contribution in [2.45, 2.75) is 38.1 Å². The highest BCUT2D eigenvalue weighted by atomic mass is 16.5. The molecule has 1 aliphatic heterocycles. The molecule has 2 aliphatic rings. The molecule has 1 heterocycles. The third-order valence-electron chi connectivity index (χ3n) is 4.32. The predicted molar refractivity (Wildman–Crippen MR) is 75.8 cm³/mol. The van der Waals surface area contributed by atoms with Crippen molar-refractivity contribution < 1.29 is 9.47 Å². The Hall–Kier alpha value is -1.22. The number of nitrogens with one attached hydrogen (secondary N) is 1. The Labute approximate surface area is 115 Å². The van der Waals surface area contributed by atoms with Crippen LogP contribution in [-0.4, -0.2) is 20.3 Å². The summed E-state index contributed by atoms with van der Waals surface area (Å²) < 4.78 is 11.6. The van der Waals surface area contributed by atoms with E-state index in [0.717, 1.165) is 37.0 Å². The first-order valence-electron chi connectivity index (χ1n) is 7.28. The van der Waals surface area contributed by atoms with Gasteiger partial charge < -0.3 is 14.8 Å². The highest BCUT2D eigenvalue weighted by Gasteiger charge is 2.34. The van der Waals surface area contributed by atoms with E-state index in [9.17, 15) is 0 Å². The van der Waals surface area contributed by atoms with E-state index in [0.29, 0.717) is 0 Å². The molecule has 1 aromatic carbocycles. The molecule has 0 aromatic heterocycles. The maximum atomic E-state index is 6.10. The first-order chi connectivity index (χ1) is 9.23. The molecular formula is C16H23NO2. The van der Waals surface area contributed by atoms with Crippen LogP contribution in [0, 0.1) is 5.92 Å². The summed E-state index contributed by atoms with van der Waals surface area (Å²) in [6.07, 6.45) is 4.98. The van der Waals surface area contributed by atoms with Gasteiger partial charge >= 0.3 is 0 Å². The lowest BCUT2D eigenvalue weighted by molar-refractivity contribution is 0.268. The maximum Gasteiger partial charge on any atom is 0.166 e. The number of rotatable bonds is 5. The smallest absolute Gasteiger partial charge is 0.166 e. The molecule has 104 valence electrons. The number of para-hydroxylation sites is 1. The quantitative estimate of drug-likeness (QED) is 0.883. The minimum atomic E-state index is 0.0213. The van der Waals surface area contributed by atoms with E-state index in [2.05, 4.69) is 24.4 Å². The van der Waals surface area contributed by atoms with Crippen LogP contribution in [0.5, 0.6) is 11.5 Å². The second-order valence-corrected chi connectivity index (χ2v) is 5.95. The lowest BCUT2D eigenvalue weighted by Gasteiger charge is -2.28. The standard InChI is InChI=1S/C16H23NO2/c1-16(9-4-10-17-16)13-5-3-6-14(18-2)15(13)19-11-12-7-8-12/h3,5-6,12,17H,4,7-11H2,1-2H3. The molecule has 1 saturated heterocycles. The number of methoxy groups -OCH3 is 1. The van der Waals surface area contributed by atoms with Gasteiger partial charge in [0.05, 0.1) is 13.7 Å². The number of ether oxygens (including phenoxy) is 2. The van der Waals surface area contributed by atoms with Crippen LogP contribution in [0.1, 0.15) is 38.2 Å². The molecule has 1 aliphatic carbocycles. The van der Waals surface area contributed by atoms with Crippen molar-refractivity contribution in [1.29, 1.82) is 0 Å². The molecule has 0 bridgehead atoms. The second kappa shape index (κ2) is 5.04. The molecule has 2 fully saturated rings. The van der Waals surface area contributed by atoms with E-state index in [4.69, 9.17) is 9.47 Å². The third kappa shape index (κ3) is 2.57. The average molecular weight is 261 g/mol. The molecule has 1 saturated carbocycles. The fraction of sp³-hybridized carbons (Fsp3) is 0.625. The number of hydrogen-bond donors (Lipinski definition) is 1. The van der Waals surface area contributed by atoms with E-state index in [1.54, 1.807) is 7.11 Å². The van der Waals surface area contributed by atoms with Crippen molar-refractivity contribution in [3.05, 3.63) is 23.8 Å². The molecule has 3 heteroatoms. The van der Waals surface area contributed by atoms with Crippen LogP contribution in [0.3, 0.4) is 0 Å². The molecule has 1 N–H and O–H groups in total. The van der Waals surface area contributed by atoms with Gasteiger partial charge in [-0.2, -0.15) is 0 Å². The lowest BCUT2D eigenvalue weighted by Crippen LogP contribution is -2.33. The molecule has 1 aromatic rings. The monoisotopic (exact) mass is 261 g/mol. The second-order valence-electron chi connectivity index (χ2n) is 5.95. The molecule has 0 radical (unpaired) electrons. The first-order valence-corrected chi connectivity index (χ1v) is 7.28.